The van der Waals surface area contributed by atoms with Crippen LogP contribution in [0.1, 0.15) is 39.5 Å². The molecule has 0 aromatic rings. The van der Waals surface area contributed by atoms with Gasteiger partial charge in [0.15, 0.2) is 0 Å². The Morgan fingerprint density at radius 3 is 2.74 bits per heavy atom. The second-order valence-electron chi connectivity index (χ2n) is 6.20. The molecular weight excluding hydrogens is 240 g/mol. The molecule has 2 aliphatic rings. The molecular formula is C15H28N2O2. The Kier molecular flexibility index (Phi) is 5.64. The molecule has 0 aromatic heterocycles. The van der Waals surface area contributed by atoms with Gasteiger partial charge in [-0.15, -0.1) is 0 Å². The smallest absolute Gasteiger partial charge is 0.224 e. The first kappa shape index (κ1) is 14.8. The fourth-order valence-corrected chi connectivity index (χ4v) is 3.15. The first-order valence-corrected chi connectivity index (χ1v) is 7.75. The van der Waals surface area contributed by atoms with E-state index in [1.165, 1.54) is 19.3 Å². The lowest BCUT2D eigenvalue weighted by Crippen LogP contribution is -2.44. The van der Waals surface area contributed by atoms with Gasteiger partial charge in [-0.25, -0.2) is 0 Å². The van der Waals surface area contributed by atoms with Crippen molar-refractivity contribution in [2.24, 2.45) is 11.8 Å². The molecule has 0 bridgehead atoms. The van der Waals surface area contributed by atoms with Crippen molar-refractivity contribution in [2.75, 3.05) is 32.8 Å². The lowest BCUT2D eigenvalue weighted by molar-refractivity contribution is -0.135. The summed E-state index contributed by atoms with van der Waals surface area (Å²) in [5, 5.41) is 3.59. The molecule has 2 rings (SSSR count). The number of nitrogens with one attached hydrogen (secondary N) is 1. The average Bonchev–Trinajstić information content (AvgIpc) is 2.43. The first-order valence-electron chi connectivity index (χ1n) is 7.75. The van der Waals surface area contributed by atoms with Crippen LogP contribution >= 0.6 is 0 Å². The Morgan fingerprint density at radius 2 is 2.00 bits per heavy atom. The molecule has 4 heteroatoms. The molecule has 1 N–H and O–H groups in total. The topological polar surface area (TPSA) is 41.6 Å². The zero-order chi connectivity index (χ0) is 13.7. The Morgan fingerprint density at radius 1 is 1.26 bits per heavy atom. The lowest BCUT2D eigenvalue weighted by atomic mass is 9.80. The average molecular weight is 268 g/mol. The fourth-order valence-electron chi connectivity index (χ4n) is 3.15. The van der Waals surface area contributed by atoms with Crippen molar-refractivity contribution >= 4 is 5.91 Å². The third-order valence-electron chi connectivity index (χ3n) is 4.57. The number of nitrogens with zero attached hydrogens (tertiary/aromatic N) is 1. The van der Waals surface area contributed by atoms with Crippen LogP contribution in [0.15, 0.2) is 0 Å². The van der Waals surface area contributed by atoms with Crippen LogP contribution < -0.4 is 5.32 Å². The van der Waals surface area contributed by atoms with Crippen LogP contribution in [0.5, 0.6) is 0 Å². The van der Waals surface area contributed by atoms with E-state index >= 15 is 0 Å². The Hall–Kier alpha value is -0.610. The second-order valence-corrected chi connectivity index (χ2v) is 6.20. The van der Waals surface area contributed by atoms with Gasteiger partial charge in [0.1, 0.15) is 0 Å². The summed E-state index contributed by atoms with van der Waals surface area (Å²) in [5.41, 5.74) is 0. The molecule has 0 radical (unpaired) electrons. The highest BCUT2D eigenvalue weighted by molar-refractivity contribution is 5.76. The molecule has 1 aliphatic heterocycles. The molecule has 110 valence electrons. The van der Waals surface area contributed by atoms with E-state index in [0.29, 0.717) is 25.7 Å². The van der Waals surface area contributed by atoms with Gasteiger partial charge in [0, 0.05) is 32.1 Å². The highest BCUT2D eigenvalue weighted by Gasteiger charge is 2.25. The van der Waals surface area contributed by atoms with Crippen molar-refractivity contribution in [1.29, 1.82) is 0 Å². The summed E-state index contributed by atoms with van der Waals surface area (Å²) >= 11 is 0. The number of amides is 1. The van der Waals surface area contributed by atoms with Gasteiger partial charge >= 0.3 is 0 Å². The molecule has 2 fully saturated rings. The first-order chi connectivity index (χ1) is 9.16. The second kappa shape index (κ2) is 7.25. The normalized spacial score (nSPS) is 32.3. The zero-order valence-corrected chi connectivity index (χ0v) is 12.4. The molecule has 1 amide bonds. The van der Waals surface area contributed by atoms with E-state index in [2.05, 4.69) is 19.2 Å². The summed E-state index contributed by atoms with van der Waals surface area (Å²) in [5.74, 6) is 1.84. The highest BCUT2D eigenvalue weighted by atomic mass is 16.5. The number of carbonyl (C=O) groups excluding carboxylic acids is 1. The number of hydrogen-bond donors (Lipinski definition) is 1. The fraction of sp³-hybridized carbons (Fsp3) is 0.933. The van der Waals surface area contributed by atoms with Crippen LogP contribution in [-0.2, 0) is 9.53 Å². The number of hydrogen-bond acceptors (Lipinski definition) is 3. The van der Waals surface area contributed by atoms with Gasteiger partial charge in [-0.2, -0.15) is 0 Å². The van der Waals surface area contributed by atoms with Gasteiger partial charge in [0.25, 0.3) is 0 Å². The van der Waals surface area contributed by atoms with Crippen molar-refractivity contribution in [3.8, 4) is 0 Å². The molecule has 0 spiro atoms. The van der Waals surface area contributed by atoms with Gasteiger partial charge < -0.3 is 15.0 Å². The quantitative estimate of drug-likeness (QED) is 0.843. The molecule has 0 aromatic carbocycles. The van der Waals surface area contributed by atoms with E-state index in [4.69, 9.17) is 4.74 Å². The number of ether oxygens (including phenoxy) is 1. The summed E-state index contributed by atoms with van der Waals surface area (Å²) in [6.45, 7) is 8.38. The van der Waals surface area contributed by atoms with Crippen molar-refractivity contribution in [3.05, 3.63) is 0 Å². The Labute approximate surface area is 116 Å². The molecule has 1 aliphatic carbocycles. The Balaban J connectivity index is 1.66. The van der Waals surface area contributed by atoms with Gasteiger partial charge in [0.05, 0.1) is 13.2 Å². The third-order valence-corrected chi connectivity index (χ3v) is 4.57. The number of morpholine rings is 1. The standard InChI is InChI=1S/C15H28N2O2/c1-12-3-4-13(2)14(11-12)16-6-5-15(18)17-7-9-19-10-8-17/h12-14,16H,3-11H2,1-2H3. The summed E-state index contributed by atoms with van der Waals surface area (Å²) in [7, 11) is 0. The van der Waals surface area contributed by atoms with Crippen molar-refractivity contribution in [3.63, 3.8) is 0 Å². The van der Waals surface area contributed by atoms with Crippen molar-refractivity contribution in [1.82, 2.24) is 10.2 Å². The van der Waals surface area contributed by atoms with Crippen LogP contribution in [0.3, 0.4) is 0 Å². The minimum absolute atomic E-state index is 0.271. The van der Waals surface area contributed by atoms with E-state index in [9.17, 15) is 4.79 Å². The van der Waals surface area contributed by atoms with Crippen LogP contribution in [0.2, 0.25) is 0 Å². The van der Waals surface area contributed by atoms with E-state index in [1.807, 2.05) is 4.90 Å². The van der Waals surface area contributed by atoms with Crippen LogP contribution in [0.4, 0.5) is 0 Å². The highest BCUT2D eigenvalue weighted by Crippen LogP contribution is 2.28. The molecule has 3 atom stereocenters. The zero-order valence-electron chi connectivity index (χ0n) is 12.4. The minimum atomic E-state index is 0.271. The van der Waals surface area contributed by atoms with E-state index in [1.54, 1.807) is 0 Å². The molecule has 1 saturated carbocycles. The summed E-state index contributed by atoms with van der Waals surface area (Å²) in [6.07, 6.45) is 4.55. The van der Waals surface area contributed by atoms with Crippen LogP contribution in [0.25, 0.3) is 0 Å². The third kappa shape index (κ3) is 4.46. The summed E-state index contributed by atoms with van der Waals surface area (Å²) in [6, 6.07) is 0.598. The molecule has 4 nitrogen and oxygen atoms in total. The van der Waals surface area contributed by atoms with Crippen molar-refractivity contribution in [2.45, 2.75) is 45.6 Å². The van der Waals surface area contributed by atoms with Gasteiger partial charge in [0.2, 0.25) is 5.91 Å². The maximum atomic E-state index is 12.0. The van der Waals surface area contributed by atoms with Crippen LogP contribution in [0, 0.1) is 11.8 Å². The van der Waals surface area contributed by atoms with Gasteiger partial charge in [-0.1, -0.05) is 20.3 Å². The van der Waals surface area contributed by atoms with E-state index < -0.39 is 0 Å². The molecule has 3 unspecified atom stereocenters. The summed E-state index contributed by atoms with van der Waals surface area (Å²) in [4.78, 5) is 13.9. The lowest BCUT2D eigenvalue weighted by Gasteiger charge is -2.33. The summed E-state index contributed by atoms with van der Waals surface area (Å²) < 4.78 is 5.27. The number of carbonyl (C=O) groups is 1. The van der Waals surface area contributed by atoms with Gasteiger partial charge in [-0.05, 0) is 24.7 Å². The maximum Gasteiger partial charge on any atom is 0.224 e. The number of rotatable bonds is 4. The largest absolute Gasteiger partial charge is 0.378 e. The monoisotopic (exact) mass is 268 g/mol. The van der Waals surface area contributed by atoms with E-state index in [-0.39, 0.29) is 5.91 Å². The predicted octanol–water partition coefficient (Wildman–Crippen LogP) is 1.65. The Bertz CT molecular complexity index is 290. The predicted molar refractivity (Wildman–Crippen MR) is 76.0 cm³/mol. The molecule has 1 saturated heterocycles. The minimum Gasteiger partial charge on any atom is -0.378 e. The molecule has 1 heterocycles. The van der Waals surface area contributed by atoms with Gasteiger partial charge in [-0.3, -0.25) is 4.79 Å². The van der Waals surface area contributed by atoms with E-state index in [0.717, 1.165) is 31.5 Å². The van der Waals surface area contributed by atoms with Crippen molar-refractivity contribution < 1.29 is 9.53 Å². The SMILES string of the molecule is CC1CCC(C)C(NCCC(=O)N2CCOCC2)C1. The molecule has 19 heavy (non-hydrogen) atoms. The van der Waals surface area contributed by atoms with Crippen LogP contribution in [-0.4, -0.2) is 49.7 Å². The maximum absolute atomic E-state index is 12.0.